The lowest BCUT2D eigenvalue weighted by Gasteiger charge is -2.27. The van der Waals surface area contributed by atoms with Gasteiger partial charge in [0.1, 0.15) is 11.2 Å². The Labute approximate surface area is 271 Å². The second-order valence-electron chi connectivity index (χ2n) is 11.8. The molecule has 0 fully saturated rings. The highest BCUT2D eigenvalue weighted by Crippen LogP contribution is 2.43. The first-order valence-electron chi connectivity index (χ1n) is 15.6. The van der Waals surface area contributed by atoms with E-state index in [1.807, 2.05) is 12.1 Å². The van der Waals surface area contributed by atoms with Crippen molar-refractivity contribution in [1.29, 1.82) is 0 Å². The maximum absolute atomic E-state index is 6.37. The Morgan fingerprint density at radius 1 is 0.435 bits per heavy atom. The minimum absolute atomic E-state index is 0.882. The van der Waals surface area contributed by atoms with Crippen LogP contribution in [0.5, 0.6) is 0 Å². The Balaban J connectivity index is 1.26. The number of anilines is 3. The fourth-order valence-electron chi connectivity index (χ4n) is 6.70. The number of nitrogens with zero attached hydrogens (tertiary/aromatic N) is 1. The lowest BCUT2D eigenvalue weighted by molar-refractivity contribution is 0.669. The molecule has 46 heavy (non-hydrogen) atoms. The highest BCUT2D eigenvalue weighted by Gasteiger charge is 2.18. The molecule has 0 aliphatic heterocycles. The number of rotatable bonds is 5. The van der Waals surface area contributed by atoms with Gasteiger partial charge in [-0.1, -0.05) is 109 Å². The van der Waals surface area contributed by atoms with Gasteiger partial charge >= 0.3 is 0 Å². The number of hydrogen-bond acceptors (Lipinski definition) is 3. The number of benzene rings is 8. The molecule has 9 rings (SSSR count). The van der Waals surface area contributed by atoms with Gasteiger partial charge < -0.3 is 9.32 Å². The number of furan rings is 1. The van der Waals surface area contributed by atoms with Crippen LogP contribution in [0.1, 0.15) is 5.56 Å². The second kappa shape index (κ2) is 10.8. The molecule has 0 aliphatic rings. The van der Waals surface area contributed by atoms with E-state index in [0.717, 1.165) is 39.0 Å². The fraction of sp³-hybridized carbons (Fsp3) is 0.0233. The van der Waals surface area contributed by atoms with E-state index in [1.54, 1.807) is 11.8 Å². The molecule has 3 heteroatoms. The first kappa shape index (κ1) is 26.9. The van der Waals surface area contributed by atoms with E-state index in [0.29, 0.717) is 0 Å². The van der Waals surface area contributed by atoms with E-state index in [9.17, 15) is 0 Å². The molecule has 0 N–H and O–H groups in total. The third-order valence-corrected chi connectivity index (χ3v) is 10.2. The van der Waals surface area contributed by atoms with Gasteiger partial charge in [0.2, 0.25) is 0 Å². The van der Waals surface area contributed by atoms with E-state index in [2.05, 4.69) is 157 Å². The van der Waals surface area contributed by atoms with Gasteiger partial charge in [-0.15, -0.1) is 0 Å². The van der Waals surface area contributed by atoms with Gasteiger partial charge in [-0.25, -0.2) is 0 Å². The van der Waals surface area contributed by atoms with Crippen molar-refractivity contribution in [2.75, 3.05) is 4.90 Å². The van der Waals surface area contributed by atoms with Crippen LogP contribution in [0.15, 0.2) is 172 Å². The molecule has 9 aromatic rings. The molecule has 0 aliphatic carbocycles. The Kier molecular flexibility index (Phi) is 6.32. The maximum Gasteiger partial charge on any atom is 0.137 e. The first-order chi connectivity index (χ1) is 22.7. The van der Waals surface area contributed by atoms with Crippen molar-refractivity contribution in [2.45, 2.75) is 16.7 Å². The van der Waals surface area contributed by atoms with Crippen LogP contribution in [-0.2, 0) is 0 Å². The van der Waals surface area contributed by atoms with Crippen molar-refractivity contribution in [2.24, 2.45) is 0 Å². The Morgan fingerprint density at radius 3 is 1.89 bits per heavy atom. The summed E-state index contributed by atoms with van der Waals surface area (Å²) in [5.41, 5.74) is 6.29. The smallest absolute Gasteiger partial charge is 0.137 e. The standard InChI is InChI=1S/C43H29NOS/c1-28-15-19-33(27-43(28)46-34-10-3-2-4-11-34)44(32-21-24-39-38-13-7-8-14-41(38)45-42(39)26-32)31-20-16-30-18-22-36-35-12-6-5-9-29(35)17-23-37(36)40(30)25-31/h2-27H,1H3. The highest BCUT2D eigenvalue weighted by molar-refractivity contribution is 7.99. The van der Waals surface area contributed by atoms with E-state index in [1.165, 1.54) is 47.7 Å². The van der Waals surface area contributed by atoms with Crippen LogP contribution in [-0.4, -0.2) is 0 Å². The number of fused-ring (bicyclic) bond motifs is 8. The first-order valence-corrected chi connectivity index (χ1v) is 16.4. The molecule has 1 heterocycles. The molecule has 218 valence electrons. The summed E-state index contributed by atoms with van der Waals surface area (Å²) in [6, 6.07) is 56.7. The molecule has 0 amide bonds. The van der Waals surface area contributed by atoms with Gasteiger partial charge in [-0.2, -0.15) is 0 Å². The summed E-state index contributed by atoms with van der Waals surface area (Å²) in [4.78, 5) is 4.82. The molecule has 1 aromatic heterocycles. The topological polar surface area (TPSA) is 16.4 Å². The van der Waals surface area contributed by atoms with Crippen molar-refractivity contribution < 1.29 is 4.42 Å². The number of para-hydroxylation sites is 1. The lowest BCUT2D eigenvalue weighted by Crippen LogP contribution is -2.10. The fourth-order valence-corrected chi connectivity index (χ4v) is 7.66. The maximum atomic E-state index is 6.37. The zero-order valence-corrected chi connectivity index (χ0v) is 26.1. The largest absolute Gasteiger partial charge is 0.456 e. The predicted octanol–water partition coefficient (Wildman–Crippen LogP) is 13.0. The third kappa shape index (κ3) is 4.51. The van der Waals surface area contributed by atoms with Gasteiger partial charge in [0.15, 0.2) is 0 Å². The Morgan fingerprint density at radius 2 is 1.02 bits per heavy atom. The van der Waals surface area contributed by atoms with Crippen LogP contribution in [0.2, 0.25) is 0 Å². The second-order valence-corrected chi connectivity index (χ2v) is 12.9. The zero-order chi connectivity index (χ0) is 30.6. The molecular weight excluding hydrogens is 579 g/mol. The monoisotopic (exact) mass is 607 g/mol. The van der Waals surface area contributed by atoms with Gasteiger partial charge in [0, 0.05) is 43.7 Å². The van der Waals surface area contributed by atoms with Crippen molar-refractivity contribution in [3.63, 3.8) is 0 Å². The Bertz CT molecular complexity index is 2580. The molecule has 0 saturated heterocycles. The number of hydrogen-bond donors (Lipinski definition) is 0. The molecule has 2 nitrogen and oxygen atoms in total. The predicted molar refractivity (Wildman–Crippen MR) is 196 cm³/mol. The summed E-state index contributed by atoms with van der Waals surface area (Å²) in [5.74, 6) is 0. The van der Waals surface area contributed by atoms with Crippen LogP contribution < -0.4 is 4.90 Å². The van der Waals surface area contributed by atoms with Crippen molar-refractivity contribution in [3.05, 3.63) is 163 Å². The van der Waals surface area contributed by atoms with E-state index in [4.69, 9.17) is 4.42 Å². The van der Waals surface area contributed by atoms with Gasteiger partial charge in [-0.05, 0) is 99.4 Å². The van der Waals surface area contributed by atoms with Crippen LogP contribution in [0, 0.1) is 6.92 Å². The SMILES string of the molecule is Cc1ccc(N(c2ccc3c(c2)oc2ccccc23)c2ccc3ccc4c5ccccc5ccc4c3c2)cc1Sc1ccccc1. The minimum atomic E-state index is 0.882. The molecule has 0 bridgehead atoms. The van der Waals surface area contributed by atoms with Gasteiger partial charge in [0.05, 0.1) is 0 Å². The lowest BCUT2D eigenvalue weighted by atomic mass is 9.96. The molecule has 0 saturated carbocycles. The molecule has 0 unspecified atom stereocenters. The van der Waals surface area contributed by atoms with Gasteiger partial charge in [0.25, 0.3) is 0 Å². The van der Waals surface area contributed by atoms with Crippen molar-refractivity contribution >= 4 is 83.1 Å². The van der Waals surface area contributed by atoms with Crippen LogP contribution in [0.4, 0.5) is 17.1 Å². The molecule has 0 radical (unpaired) electrons. The van der Waals surface area contributed by atoms with Gasteiger partial charge in [-0.3, -0.25) is 0 Å². The van der Waals surface area contributed by atoms with Crippen molar-refractivity contribution in [1.82, 2.24) is 0 Å². The van der Waals surface area contributed by atoms with Crippen LogP contribution >= 0.6 is 11.8 Å². The molecular formula is C43H29NOS. The van der Waals surface area contributed by atoms with E-state index < -0.39 is 0 Å². The summed E-state index contributed by atoms with van der Waals surface area (Å²) in [6.45, 7) is 2.19. The molecule has 0 spiro atoms. The summed E-state index contributed by atoms with van der Waals surface area (Å²) in [7, 11) is 0. The zero-order valence-electron chi connectivity index (χ0n) is 25.3. The minimum Gasteiger partial charge on any atom is -0.456 e. The summed E-state index contributed by atoms with van der Waals surface area (Å²) < 4.78 is 6.37. The summed E-state index contributed by atoms with van der Waals surface area (Å²) in [6.07, 6.45) is 0. The molecule has 8 aromatic carbocycles. The Hall–Kier alpha value is -5.51. The summed E-state index contributed by atoms with van der Waals surface area (Å²) >= 11 is 1.80. The normalized spacial score (nSPS) is 11.7. The highest BCUT2D eigenvalue weighted by atomic mass is 32.2. The average Bonchev–Trinajstić information content (AvgIpc) is 3.48. The van der Waals surface area contributed by atoms with Crippen LogP contribution in [0.25, 0.3) is 54.3 Å². The third-order valence-electron chi connectivity index (χ3n) is 9.01. The number of aryl methyl sites for hydroxylation is 1. The quantitative estimate of drug-likeness (QED) is 0.181. The van der Waals surface area contributed by atoms with E-state index >= 15 is 0 Å². The molecule has 0 atom stereocenters. The van der Waals surface area contributed by atoms with Crippen LogP contribution in [0.3, 0.4) is 0 Å². The summed E-state index contributed by atoms with van der Waals surface area (Å²) in [5, 5.41) is 9.79. The van der Waals surface area contributed by atoms with E-state index in [-0.39, 0.29) is 0 Å². The average molecular weight is 608 g/mol. The van der Waals surface area contributed by atoms with Crippen molar-refractivity contribution in [3.8, 4) is 0 Å².